The van der Waals surface area contributed by atoms with Gasteiger partial charge in [0.2, 0.25) is 0 Å². The number of hydrogen-bond donors (Lipinski definition) is 1. The van der Waals surface area contributed by atoms with Crippen molar-refractivity contribution in [3.05, 3.63) is 83.8 Å². The third kappa shape index (κ3) is 4.26. The SMILES string of the molecule is CC(C)Oc1ccc(OCc2ccccc2)cc1C(C#N)c1ccc2[nH]cnc2n1. The summed E-state index contributed by atoms with van der Waals surface area (Å²) >= 11 is 0. The van der Waals surface area contributed by atoms with Crippen LogP contribution in [0, 0.1) is 11.3 Å². The number of nitriles is 1. The summed E-state index contributed by atoms with van der Waals surface area (Å²) < 4.78 is 12.0. The van der Waals surface area contributed by atoms with E-state index in [2.05, 4.69) is 21.0 Å². The maximum atomic E-state index is 10.00. The minimum absolute atomic E-state index is 0.0269. The fourth-order valence-electron chi connectivity index (χ4n) is 3.24. The summed E-state index contributed by atoms with van der Waals surface area (Å²) in [5.74, 6) is 0.707. The van der Waals surface area contributed by atoms with E-state index in [1.165, 1.54) is 0 Å². The molecule has 4 rings (SSSR count). The molecule has 4 aromatic rings. The number of hydrogen-bond acceptors (Lipinski definition) is 5. The van der Waals surface area contributed by atoms with Crippen LogP contribution in [-0.2, 0) is 6.61 Å². The lowest BCUT2D eigenvalue weighted by molar-refractivity contribution is 0.239. The fourth-order valence-corrected chi connectivity index (χ4v) is 3.24. The van der Waals surface area contributed by atoms with Crippen LogP contribution in [0.5, 0.6) is 11.5 Å². The summed E-state index contributed by atoms with van der Waals surface area (Å²) in [6.45, 7) is 4.36. The van der Waals surface area contributed by atoms with E-state index in [9.17, 15) is 5.26 Å². The van der Waals surface area contributed by atoms with Gasteiger partial charge in [0.1, 0.15) is 24.0 Å². The topological polar surface area (TPSA) is 83.8 Å². The number of nitrogens with one attached hydrogen (secondary N) is 1. The molecule has 0 radical (unpaired) electrons. The van der Waals surface area contributed by atoms with Crippen molar-refractivity contribution in [2.45, 2.75) is 32.5 Å². The van der Waals surface area contributed by atoms with Crippen LogP contribution in [0.4, 0.5) is 0 Å². The summed E-state index contributed by atoms with van der Waals surface area (Å²) in [6.07, 6.45) is 1.56. The van der Waals surface area contributed by atoms with Crippen LogP contribution >= 0.6 is 0 Å². The molecule has 0 spiro atoms. The van der Waals surface area contributed by atoms with Crippen molar-refractivity contribution in [2.75, 3.05) is 0 Å². The summed E-state index contributed by atoms with van der Waals surface area (Å²) in [7, 11) is 0. The van der Waals surface area contributed by atoms with Gasteiger partial charge in [-0.1, -0.05) is 30.3 Å². The van der Waals surface area contributed by atoms with E-state index in [1.54, 1.807) is 6.33 Å². The number of rotatable bonds is 7. The summed E-state index contributed by atoms with van der Waals surface area (Å²) in [5.41, 5.74) is 3.82. The summed E-state index contributed by atoms with van der Waals surface area (Å²) in [5, 5.41) is 10.00. The van der Waals surface area contributed by atoms with Crippen LogP contribution < -0.4 is 9.47 Å². The molecule has 6 heteroatoms. The van der Waals surface area contributed by atoms with Crippen molar-refractivity contribution in [3.8, 4) is 17.6 Å². The highest BCUT2D eigenvalue weighted by Crippen LogP contribution is 2.35. The van der Waals surface area contributed by atoms with E-state index < -0.39 is 5.92 Å². The second-order valence-electron chi connectivity index (χ2n) is 7.21. The molecule has 0 saturated carbocycles. The molecule has 1 atom stereocenters. The number of benzene rings is 2. The average molecular weight is 398 g/mol. The maximum Gasteiger partial charge on any atom is 0.177 e. The van der Waals surface area contributed by atoms with Crippen LogP contribution in [0.25, 0.3) is 11.2 Å². The van der Waals surface area contributed by atoms with E-state index in [0.717, 1.165) is 16.6 Å². The lowest BCUT2D eigenvalue weighted by Crippen LogP contribution is -2.10. The maximum absolute atomic E-state index is 10.00. The molecule has 0 bridgehead atoms. The van der Waals surface area contributed by atoms with Crippen molar-refractivity contribution in [3.63, 3.8) is 0 Å². The van der Waals surface area contributed by atoms with Crippen molar-refractivity contribution < 1.29 is 9.47 Å². The zero-order chi connectivity index (χ0) is 20.9. The average Bonchev–Trinajstić information content (AvgIpc) is 3.23. The van der Waals surface area contributed by atoms with Crippen molar-refractivity contribution in [2.24, 2.45) is 0 Å². The smallest absolute Gasteiger partial charge is 0.177 e. The predicted molar refractivity (Wildman–Crippen MR) is 114 cm³/mol. The molecular formula is C24H22N4O2. The Morgan fingerprint density at radius 3 is 2.67 bits per heavy atom. The number of nitrogens with zero attached hydrogens (tertiary/aromatic N) is 3. The minimum Gasteiger partial charge on any atom is -0.491 e. The van der Waals surface area contributed by atoms with Gasteiger partial charge in [-0.15, -0.1) is 0 Å². The first-order chi connectivity index (χ1) is 14.6. The molecular weight excluding hydrogens is 376 g/mol. The van der Waals surface area contributed by atoms with Gasteiger partial charge < -0.3 is 14.5 Å². The molecule has 2 aromatic carbocycles. The van der Waals surface area contributed by atoms with Gasteiger partial charge in [0.05, 0.1) is 29.7 Å². The second kappa shape index (κ2) is 8.66. The number of aromatic amines is 1. The number of ether oxygens (including phenoxy) is 2. The summed E-state index contributed by atoms with van der Waals surface area (Å²) in [6, 6.07) is 21.6. The quantitative estimate of drug-likeness (QED) is 0.475. The Hall–Kier alpha value is -3.85. The van der Waals surface area contributed by atoms with Gasteiger partial charge in [-0.05, 0) is 49.7 Å². The van der Waals surface area contributed by atoms with Crippen LogP contribution in [-0.4, -0.2) is 21.1 Å². The van der Waals surface area contributed by atoms with Gasteiger partial charge in [-0.3, -0.25) is 0 Å². The second-order valence-corrected chi connectivity index (χ2v) is 7.21. The Kier molecular flexibility index (Phi) is 5.62. The molecule has 0 aliphatic carbocycles. The van der Waals surface area contributed by atoms with Crippen LogP contribution in [0.3, 0.4) is 0 Å². The zero-order valence-electron chi connectivity index (χ0n) is 16.9. The molecule has 30 heavy (non-hydrogen) atoms. The highest BCUT2D eigenvalue weighted by Gasteiger charge is 2.22. The highest BCUT2D eigenvalue weighted by atomic mass is 16.5. The number of H-pyrrole nitrogens is 1. The number of pyridine rings is 1. The third-order valence-electron chi connectivity index (χ3n) is 4.63. The zero-order valence-corrected chi connectivity index (χ0v) is 16.9. The largest absolute Gasteiger partial charge is 0.491 e. The van der Waals surface area contributed by atoms with Gasteiger partial charge >= 0.3 is 0 Å². The first kappa shape index (κ1) is 19.5. The number of fused-ring (bicyclic) bond motifs is 1. The minimum atomic E-state index is -0.611. The van der Waals surface area contributed by atoms with E-state index in [0.29, 0.717) is 29.4 Å². The number of imidazole rings is 1. The first-order valence-corrected chi connectivity index (χ1v) is 9.81. The lowest BCUT2D eigenvalue weighted by atomic mass is 9.95. The van der Waals surface area contributed by atoms with E-state index in [1.807, 2.05) is 74.5 Å². The van der Waals surface area contributed by atoms with Crippen LogP contribution in [0.1, 0.15) is 36.6 Å². The summed E-state index contributed by atoms with van der Waals surface area (Å²) in [4.78, 5) is 11.8. The number of aromatic nitrogens is 3. The van der Waals surface area contributed by atoms with E-state index >= 15 is 0 Å². The molecule has 1 N–H and O–H groups in total. The molecule has 0 amide bonds. The van der Waals surface area contributed by atoms with Gasteiger partial charge in [0.15, 0.2) is 5.65 Å². The van der Waals surface area contributed by atoms with Crippen LogP contribution in [0.2, 0.25) is 0 Å². The van der Waals surface area contributed by atoms with Gasteiger partial charge in [-0.25, -0.2) is 9.97 Å². The Morgan fingerprint density at radius 1 is 1.07 bits per heavy atom. The van der Waals surface area contributed by atoms with E-state index in [4.69, 9.17) is 9.47 Å². The van der Waals surface area contributed by atoms with Gasteiger partial charge in [0, 0.05) is 5.56 Å². The molecule has 0 fully saturated rings. The predicted octanol–water partition coefficient (Wildman–Crippen LogP) is 4.98. The van der Waals surface area contributed by atoms with Crippen molar-refractivity contribution in [1.29, 1.82) is 5.26 Å². The molecule has 0 aliphatic heterocycles. The molecule has 150 valence electrons. The third-order valence-corrected chi connectivity index (χ3v) is 4.63. The Balaban J connectivity index is 1.69. The van der Waals surface area contributed by atoms with Crippen molar-refractivity contribution in [1.82, 2.24) is 15.0 Å². The first-order valence-electron chi connectivity index (χ1n) is 9.81. The molecule has 0 saturated heterocycles. The molecule has 2 heterocycles. The van der Waals surface area contributed by atoms with Gasteiger partial charge in [-0.2, -0.15) is 5.26 Å². The standard InChI is InChI=1S/C24H22N4O2/c1-16(2)30-23-11-8-18(29-14-17-6-4-3-5-7-17)12-19(23)20(13-25)21-9-10-22-24(28-21)27-15-26-22/h3-12,15-16,20H,14H2,1-2H3,(H,26,27,28). The Morgan fingerprint density at radius 2 is 1.90 bits per heavy atom. The van der Waals surface area contributed by atoms with Crippen molar-refractivity contribution >= 4 is 11.2 Å². The Bertz CT molecular complexity index is 1180. The van der Waals surface area contributed by atoms with E-state index in [-0.39, 0.29) is 6.10 Å². The van der Waals surface area contributed by atoms with Crippen LogP contribution in [0.15, 0.2) is 67.0 Å². The normalized spacial score (nSPS) is 11.9. The molecule has 2 aromatic heterocycles. The Labute approximate surface area is 175 Å². The highest BCUT2D eigenvalue weighted by molar-refractivity contribution is 5.70. The molecule has 6 nitrogen and oxygen atoms in total. The monoisotopic (exact) mass is 398 g/mol. The fraction of sp³-hybridized carbons (Fsp3) is 0.208. The lowest BCUT2D eigenvalue weighted by Gasteiger charge is -2.19. The molecule has 1 unspecified atom stereocenters. The van der Waals surface area contributed by atoms with Gasteiger partial charge in [0.25, 0.3) is 0 Å². The molecule has 0 aliphatic rings.